The van der Waals surface area contributed by atoms with Crippen LogP contribution in [0.2, 0.25) is 0 Å². The second-order valence-electron chi connectivity index (χ2n) is 4.54. The molecule has 0 saturated carbocycles. The summed E-state index contributed by atoms with van der Waals surface area (Å²) in [5, 5.41) is 5.23. The predicted molar refractivity (Wildman–Crippen MR) is 78.9 cm³/mol. The molecule has 0 spiro atoms. The molecule has 1 aromatic carbocycles. The van der Waals surface area contributed by atoms with Crippen LogP contribution in [0, 0.1) is 0 Å². The van der Waals surface area contributed by atoms with Crippen molar-refractivity contribution in [3.63, 3.8) is 0 Å². The second kappa shape index (κ2) is 8.73. The average Bonchev–Trinajstić information content (AvgIpc) is 2.44. The largest absolute Gasteiger partial charge is 0.452 e. The van der Waals surface area contributed by atoms with Crippen molar-refractivity contribution in [3.05, 3.63) is 29.8 Å². The van der Waals surface area contributed by atoms with Crippen LogP contribution in [-0.2, 0) is 14.3 Å². The van der Waals surface area contributed by atoms with E-state index in [2.05, 4.69) is 10.6 Å². The Balaban J connectivity index is 2.48. The number of esters is 1. The maximum Gasteiger partial charge on any atom is 0.338 e. The summed E-state index contributed by atoms with van der Waals surface area (Å²) in [6, 6.07) is 6.35. The fourth-order valence-corrected chi connectivity index (χ4v) is 1.60. The Hall–Kier alpha value is -2.37. The van der Waals surface area contributed by atoms with Gasteiger partial charge in [0.15, 0.2) is 6.61 Å². The molecule has 6 heteroatoms. The zero-order chi connectivity index (χ0) is 15.7. The quantitative estimate of drug-likeness (QED) is 0.592. The van der Waals surface area contributed by atoms with E-state index in [1.54, 1.807) is 18.2 Å². The van der Waals surface area contributed by atoms with Crippen LogP contribution >= 0.6 is 0 Å². The first kappa shape index (κ1) is 16.7. The smallest absolute Gasteiger partial charge is 0.338 e. The number of carbonyl (C=O) groups excluding carboxylic acids is 3. The molecule has 2 N–H and O–H groups in total. The number of hydrogen-bond acceptors (Lipinski definition) is 4. The highest BCUT2D eigenvalue weighted by atomic mass is 16.5. The Labute approximate surface area is 123 Å². The Bertz CT molecular complexity index is 514. The first-order valence-electron chi connectivity index (χ1n) is 6.84. The molecular formula is C15H20N2O4. The van der Waals surface area contributed by atoms with Gasteiger partial charge in [0.05, 0.1) is 5.56 Å². The Morgan fingerprint density at radius 3 is 2.67 bits per heavy atom. The molecule has 0 aliphatic rings. The molecular weight excluding hydrogens is 272 g/mol. The molecule has 0 bridgehead atoms. The topological polar surface area (TPSA) is 84.5 Å². The van der Waals surface area contributed by atoms with E-state index in [-0.39, 0.29) is 24.0 Å². The maximum atomic E-state index is 11.8. The molecule has 0 atom stereocenters. The van der Waals surface area contributed by atoms with Gasteiger partial charge in [-0.15, -0.1) is 0 Å². The standard InChI is InChI=1S/C15H20N2O4/c1-3-4-8-16-14(19)10-21-15(20)12-6-5-7-13(9-12)17-11(2)18/h5-7,9H,3-4,8,10H2,1-2H3,(H,16,19)(H,17,18). The van der Waals surface area contributed by atoms with Gasteiger partial charge in [0, 0.05) is 19.2 Å². The van der Waals surface area contributed by atoms with Crippen molar-refractivity contribution in [2.24, 2.45) is 0 Å². The monoisotopic (exact) mass is 292 g/mol. The van der Waals surface area contributed by atoms with E-state index in [9.17, 15) is 14.4 Å². The number of benzene rings is 1. The van der Waals surface area contributed by atoms with Gasteiger partial charge in [0.1, 0.15) is 0 Å². The van der Waals surface area contributed by atoms with Crippen molar-refractivity contribution in [2.45, 2.75) is 26.7 Å². The number of hydrogen-bond donors (Lipinski definition) is 2. The van der Waals surface area contributed by atoms with Crippen molar-refractivity contribution < 1.29 is 19.1 Å². The molecule has 0 fully saturated rings. The molecule has 6 nitrogen and oxygen atoms in total. The third kappa shape index (κ3) is 6.56. The van der Waals surface area contributed by atoms with Crippen molar-refractivity contribution in [2.75, 3.05) is 18.5 Å². The van der Waals surface area contributed by atoms with Crippen LogP contribution in [0.1, 0.15) is 37.0 Å². The molecule has 2 amide bonds. The second-order valence-corrected chi connectivity index (χ2v) is 4.54. The molecule has 0 saturated heterocycles. The van der Waals surface area contributed by atoms with Gasteiger partial charge in [0.25, 0.3) is 5.91 Å². The lowest BCUT2D eigenvalue weighted by Gasteiger charge is -2.07. The fraction of sp³-hybridized carbons (Fsp3) is 0.400. The fourth-order valence-electron chi connectivity index (χ4n) is 1.60. The first-order valence-corrected chi connectivity index (χ1v) is 6.84. The molecule has 1 rings (SSSR count). The van der Waals surface area contributed by atoms with Gasteiger partial charge in [-0.3, -0.25) is 9.59 Å². The zero-order valence-electron chi connectivity index (χ0n) is 12.3. The summed E-state index contributed by atoms with van der Waals surface area (Å²) in [5.74, 6) is -1.15. The van der Waals surface area contributed by atoms with Gasteiger partial charge in [-0.1, -0.05) is 19.4 Å². The van der Waals surface area contributed by atoms with E-state index in [1.807, 2.05) is 6.92 Å². The molecule has 21 heavy (non-hydrogen) atoms. The van der Waals surface area contributed by atoms with Crippen molar-refractivity contribution in [1.82, 2.24) is 5.32 Å². The molecule has 0 aliphatic carbocycles. The third-order valence-corrected chi connectivity index (χ3v) is 2.61. The van der Waals surface area contributed by atoms with E-state index in [0.717, 1.165) is 12.8 Å². The zero-order valence-corrected chi connectivity index (χ0v) is 12.3. The number of nitrogens with one attached hydrogen (secondary N) is 2. The first-order chi connectivity index (χ1) is 10.0. The van der Waals surface area contributed by atoms with E-state index in [4.69, 9.17) is 4.74 Å². The Kier molecular flexibility index (Phi) is 6.94. The number of rotatable bonds is 7. The number of amides is 2. The van der Waals surface area contributed by atoms with Crippen LogP contribution < -0.4 is 10.6 Å². The predicted octanol–water partition coefficient (Wildman–Crippen LogP) is 1.72. The van der Waals surface area contributed by atoms with Crippen molar-refractivity contribution in [1.29, 1.82) is 0 Å². The molecule has 114 valence electrons. The maximum absolute atomic E-state index is 11.8. The summed E-state index contributed by atoms with van der Waals surface area (Å²) in [7, 11) is 0. The van der Waals surface area contributed by atoms with Crippen LogP contribution in [0.4, 0.5) is 5.69 Å². The van der Waals surface area contributed by atoms with Gasteiger partial charge in [-0.2, -0.15) is 0 Å². The van der Waals surface area contributed by atoms with Gasteiger partial charge in [0.2, 0.25) is 5.91 Å². The molecule has 0 unspecified atom stereocenters. The summed E-state index contributed by atoms with van der Waals surface area (Å²) < 4.78 is 4.92. The van der Waals surface area contributed by atoms with Gasteiger partial charge >= 0.3 is 5.97 Å². The Morgan fingerprint density at radius 1 is 1.24 bits per heavy atom. The van der Waals surface area contributed by atoms with E-state index >= 15 is 0 Å². The number of carbonyl (C=O) groups is 3. The van der Waals surface area contributed by atoms with Crippen molar-refractivity contribution in [3.8, 4) is 0 Å². The van der Waals surface area contributed by atoms with E-state index < -0.39 is 5.97 Å². The summed E-state index contributed by atoms with van der Waals surface area (Å²) in [6.45, 7) is 3.66. The van der Waals surface area contributed by atoms with Gasteiger partial charge in [-0.05, 0) is 24.6 Å². The number of ether oxygens (including phenoxy) is 1. The molecule has 0 aliphatic heterocycles. The van der Waals surface area contributed by atoms with E-state index in [1.165, 1.54) is 13.0 Å². The SMILES string of the molecule is CCCCNC(=O)COC(=O)c1cccc(NC(C)=O)c1. The number of anilines is 1. The van der Waals surface area contributed by atoms with Crippen LogP contribution in [0.3, 0.4) is 0 Å². The minimum Gasteiger partial charge on any atom is -0.452 e. The molecule has 0 radical (unpaired) electrons. The summed E-state index contributed by atoms with van der Waals surface area (Å²) >= 11 is 0. The van der Waals surface area contributed by atoms with Crippen LogP contribution in [0.5, 0.6) is 0 Å². The lowest BCUT2D eigenvalue weighted by molar-refractivity contribution is -0.124. The van der Waals surface area contributed by atoms with Crippen LogP contribution in [-0.4, -0.2) is 30.9 Å². The molecule has 0 heterocycles. The highest BCUT2D eigenvalue weighted by Gasteiger charge is 2.10. The normalized spacial score (nSPS) is 9.81. The highest BCUT2D eigenvalue weighted by Crippen LogP contribution is 2.11. The number of unbranched alkanes of at least 4 members (excludes halogenated alkanes) is 1. The van der Waals surface area contributed by atoms with E-state index in [0.29, 0.717) is 12.2 Å². The van der Waals surface area contributed by atoms with Crippen LogP contribution in [0.15, 0.2) is 24.3 Å². The minimum absolute atomic E-state index is 0.226. The van der Waals surface area contributed by atoms with Gasteiger partial charge < -0.3 is 15.4 Å². The summed E-state index contributed by atoms with van der Waals surface area (Å²) in [4.78, 5) is 34.2. The molecule has 1 aromatic rings. The Morgan fingerprint density at radius 2 is 2.00 bits per heavy atom. The molecule has 0 aromatic heterocycles. The lowest BCUT2D eigenvalue weighted by Crippen LogP contribution is -2.29. The average molecular weight is 292 g/mol. The summed E-state index contributed by atoms with van der Waals surface area (Å²) in [6.07, 6.45) is 1.87. The minimum atomic E-state index is -0.604. The highest BCUT2D eigenvalue weighted by molar-refractivity contribution is 5.94. The van der Waals surface area contributed by atoms with Crippen LogP contribution in [0.25, 0.3) is 0 Å². The van der Waals surface area contributed by atoms with Crippen molar-refractivity contribution >= 4 is 23.5 Å². The third-order valence-electron chi connectivity index (χ3n) is 2.61. The summed E-state index contributed by atoms with van der Waals surface area (Å²) in [5.41, 5.74) is 0.784. The van der Waals surface area contributed by atoms with Gasteiger partial charge in [-0.25, -0.2) is 4.79 Å². The lowest BCUT2D eigenvalue weighted by atomic mass is 10.2.